The number of hydrogen-bond donors (Lipinski definition) is 0. The molecule has 2 unspecified atom stereocenters. The Morgan fingerprint density at radius 3 is 2.57 bits per heavy atom. The van der Waals surface area contributed by atoms with E-state index in [1.54, 1.807) is 0 Å². The van der Waals surface area contributed by atoms with Gasteiger partial charge in [-0.15, -0.1) is 0 Å². The van der Waals surface area contributed by atoms with Crippen LogP contribution in [0.5, 0.6) is 0 Å². The summed E-state index contributed by atoms with van der Waals surface area (Å²) in [5.41, 5.74) is 0.257. The predicted molar refractivity (Wildman–Crippen MR) is 77.1 cm³/mol. The summed E-state index contributed by atoms with van der Waals surface area (Å²) in [6, 6.07) is 1.92. The van der Waals surface area contributed by atoms with Crippen LogP contribution in [0.1, 0.15) is 19.3 Å². The Morgan fingerprint density at radius 2 is 2.10 bits per heavy atom. The number of rotatable bonds is 5. The summed E-state index contributed by atoms with van der Waals surface area (Å²) in [6.07, 6.45) is 5.20. The minimum atomic E-state index is -3.71. The van der Waals surface area contributed by atoms with E-state index in [4.69, 9.17) is 16.9 Å². The summed E-state index contributed by atoms with van der Waals surface area (Å²) in [4.78, 5) is 24.0. The Balaban J connectivity index is 2.29. The summed E-state index contributed by atoms with van der Waals surface area (Å²) in [7, 11) is -3.71. The number of nitriles is 1. The van der Waals surface area contributed by atoms with Gasteiger partial charge < -0.3 is 0 Å². The Morgan fingerprint density at radius 1 is 1.48 bits per heavy atom. The van der Waals surface area contributed by atoms with Gasteiger partial charge in [0.2, 0.25) is 0 Å². The molecule has 21 heavy (non-hydrogen) atoms. The molecule has 1 saturated carbocycles. The van der Waals surface area contributed by atoms with Crippen LogP contribution in [-0.4, -0.2) is 31.5 Å². The van der Waals surface area contributed by atoms with Crippen LogP contribution in [0.25, 0.3) is 0 Å². The van der Waals surface area contributed by atoms with Crippen molar-refractivity contribution in [2.75, 3.05) is 6.26 Å². The van der Waals surface area contributed by atoms with E-state index in [-0.39, 0.29) is 28.7 Å². The smallest absolute Gasteiger partial charge is 0.196 e. The first-order valence-corrected chi connectivity index (χ1v) is 8.81. The first-order valence-electron chi connectivity index (χ1n) is 6.48. The third-order valence-electron chi connectivity index (χ3n) is 3.60. The summed E-state index contributed by atoms with van der Waals surface area (Å²) in [5.74, 6) is -1.87. The van der Waals surface area contributed by atoms with Crippen molar-refractivity contribution in [3.8, 4) is 6.07 Å². The van der Waals surface area contributed by atoms with Crippen LogP contribution in [0.3, 0.4) is 0 Å². The van der Waals surface area contributed by atoms with Crippen molar-refractivity contribution in [1.29, 1.82) is 5.26 Å². The highest BCUT2D eigenvalue weighted by atomic mass is 35.5. The Hall–Kier alpha value is -1.45. The lowest BCUT2D eigenvalue weighted by Gasteiger charge is -2.21. The van der Waals surface area contributed by atoms with Gasteiger partial charge in [0.05, 0.1) is 11.1 Å². The van der Waals surface area contributed by atoms with Gasteiger partial charge in [-0.1, -0.05) is 17.7 Å². The summed E-state index contributed by atoms with van der Waals surface area (Å²) in [6.45, 7) is 0. The molecule has 0 aliphatic heterocycles. The molecule has 0 spiro atoms. The van der Waals surface area contributed by atoms with Crippen LogP contribution in [0.4, 0.5) is 0 Å². The van der Waals surface area contributed by atoms with Gasteiger partial charge in [-0.25, -0.2) is 8.42 Å². The SMILES string of the molecule is CS(=O)(=O)C1C(=O)C(Cl)=CC=C1CC(C#N)C(=O)C1CC1. The highest BCUT2D eigenvalue weighted by Crippen LogP contribution is 2.35. The van der Waals surface area contributed by atoms with Gasteiger partial charge in [0.1, 0.15) is 11.2 Å². The van der Waals surface area contributed by atoms with Gasteiger partial charge in [0.15, 0.2) is 21.4 Å². The van der Waals surface area contributed by atoms with E-state index in [0.717, 1.165) is 19.1 Å². The molecule has 0 N–H and O–H groups in total. The van der Waals surface area contributed by atoms with E-state index in [0.29, 0.717) is 0 Å². The second-order valence-electron chi connectivity index (χ2n) is 5.39. The zero-order valence-corrected chi connectivity index (χ0v) is 12.9. The molecule has 2 atom stereocenters. The van der Waals surface area contributed by atoms with Crippen LogP contribution >= 0.6 is 11.6 Å². The second kappa shape index (κ2) is 5.74. The van der Waals surface area contributed by atoms with Crippen LogP contribution in [0.15, 0.2) is 22.8 Å². The van der Waals surface area contributed by atoms with Crippen molar-refractivity contribution in [3.63, 3.8) is 0 Å². The van der Waals surface area contributed by atoms with E-state index in [1.807, 2.05) is 6.07 Å². The average molecular weight is 328 g/mol. The lowest BCUT2D eigenvalue weighted by Crippen LogP contribution is -2.34. The standard InChI is InChI=1S/C14H14ClNO4S/c1-21(19,20)14-9(4-5-11(15)13(14)18)6-10(7-16)12(17)8-2-3-8/h4-5,8,10,14H,2-3,6H2,1H3. The molecule has 2 rings (SSSR count). The molecule has 0 aromatic carbocycles. The molecule has 0 heterocycles. The van der Waals surface area contributed by atoms with Gasteiger partial charge in [-0.3, -0.25) is 9.59 Å². The first kappa shape index (κ1) is 15.9. The maximum atomic E-state index is 12.0. The monoisotopic (exact) mass is 327 g/mol. The molecule has 0 aromatic rings. The molecule has 0 saturated heterocycles. The van der Waals surface area contributed by atoms with Gasteiger partial charge in [0.25, 0.3) is 0 Å². The molecule has 2 aliphatic carbocycles. The molecule has 0 bridgehead atoms. The number of Topliss-reactive ketones (excluding diaryl/α,β-unsaturated/α-hetero) is 2. The molecule has 5 nitrogen and oxygen atoms in total. The quantitative estimate of drug-likeness (QED) is 0.763. The highest BCUT2D eigenvalue weighted by molar-refractivity contribution is 7.92. The number of ketones is 2. The van der Waals surface area contributed by atoms with Gasteiger partial charge in [-0.05, 0) is 30.9 Å². The molecule has 7 heteroatoms. The van der Waals surface area contributed by atoms with Gasteiger partial charge >= 0.3 is 0 Å². The normalized spacial score (nSPS) is 23.9. The molecule has 112 valence electrons. The van der Waals surface area contributed by atoms with Crippen molar-refractivity contribution >= 4 is 33.0 Å². The Kier molecular flexibility index (Phi) is 4.35. The van der Waals surface area contributed by atoms with Crippen molar-refractivity contribution in [1.82, 2.24) is 0 Å². The summed E-state index contributed by atoms with van der Waals surface area (Å²) < 4.78 is 23.6. The van der Waals surface area contributed by atoms with Crippen molar-refractivity contribution in [2.24, 2.45) is 11.8 Å². The van der Waals surface area contributed by atoms with E-state index < -0.39 is 26.8 Å². The third kappa shape index (κ3) is 3.42. The lowest BCUT2D eigenvalue weighted by atomic mass is 9.89. The molecule has 0 amide bonds. The van der Waals surface area contributed by atoms with Crippen LogP contribution in [0, 0.1) is 23.2 Å². The molecular weight excluding hydrogens is 314 g/mol. The fraction of sp³-hybridized carbons (Fsp3) is 0.500. The Bertz CT molecular complexity index is 695. The summed E-state index contributed by atoms with van der Waals surface area (Å²) in [5, 5.41) is 7.59. The number of sulfone groups is 1. The topological polar surface area (TPSA) is 92.1 Å². The van der Waals surface area contributed by atoms with Crippen molar-refractivity contribution in [3.05, 3.63) is 22.8 Å². The largest absolute Gasteiger partial charge is 0.298 e. The van der Waals surface area contributed by atoms with E-state index in [1.165, 1.54) is 12.2 Å². The molecular formula is C14H14ClNO4S. The number of hydrogen-bond acceptors (Lipinski definition) is 5. The van der Waals surface area contributed by atoms with Gasteiger partial charge in [0, 0.05) is 12.2 Å². The molecule has 0 aromatic heterocycles. The minimum Gasteiger partial charge on any atom is -0.298 e. The average Bonchev–Trinajstić information content (AvgIpc) is 3.22. The molecule has 1 fully saturated rings. The zero-order valence-electron chi connectivity index (χ0n) is 11.4. The number of halogens is 1. The number of carbonyl (C=O) groups excluding carboxylic acids is 2. The summed E-state index contributed by atoms with van der Waals surface area (Å²) >= 11 is 5.70. The van der Waals surface area contributed by atoms with Crippen LogP contribution < -0.4 is 0 Å². The molecule has 2 aliphatic rings. The highest BCUT2D eigenvalue weighted by Gasteiger charge is 2.40. The number of nitrogens with zero attached hydrogens (tertiary/aromatic N) is 1. The van der Waals surface area contributed by atoms with Gasteiger partial charge in [-0.2, -0.15) is 5.26 Å². The third-order valence-corrected chi connectivity index (χ3v) is 5.29. The number of carbonyl (C=O) groups is 2. The number of allylic oxidation sites excluding steroid dienone is 3. The minimum absolute atomic E-state index is 0.0457. The fourth-order valence-corrected chi connectivity index (χ4v) is 3.86. The maximum Gasteiger partial charge on any atom is 0.196 e. The predicted octanol–water partition coefficient (Wildman–Crippen LogP) is 1.54. The van der Waals surface area contributed by atoms with Crippen LogP contribution in [-0.2, 0) is 19.4 Å². The second-order valence-corrected chi connectivity index (χ2v) is 7.93. The first-order chi connectivity index (χ1) is 9.75. The van der Waals surface area contributed by atoms with Crippen molar-refractivity contribution < 1.29 is 18.0 Å². The van der Waals surface area contributed by atoms with E-state index in [2.05, 4.69) is 0 Å². The van der Waals surface area contributed by atoms with E-state index in [9.17, 15) is 18.0 Å². The lowest BCUT2D eigenvalue weighted by molar-refractivity contribution is -0.122. The maximum absolute atomic E-state index is 12.0. The fourth-order valence-electron chi connectivity index (χ4n) is 2.39. The zero-order chi connectivity index (χ0) is 15.8. The van der Waals surface area contributed by atoms with Crippen molar-refractivity contribution in [2.45, 2.75) is 24.5 Å². The van der Waals surface area contributed by atoms with E-state index >= 15 is 0 Å². The Labute approximate surface area is 128 Å². The van der Waals surface area contributed by atoms with Crippen LogP contribution in [0.2, 0.25) is 0 Å². The molecule has 0 radical (unpaired) electrons.